The number of likely N-dealkylation sites (tertiary alicyclic amines) is 1. The van der Waals surface area contributed by atoms with Crippen LogP contribution >= 0.6 is 0 Å². The zero-order chi connectivity index (χ0) is 22.0. The molecule has 2 aliphatic heterocycles. The van der Waals surface area contributed by atoms with Crippen molar-refractivity contribution in [1.29, 1.82) is 0 Å². The van der Waals surface area contributed by atoms with Gasteiger partial charge in [0.25, 0.3) is 0 Å². The number of piperidine rings is 1. The number of carbonyl (C=O) groups excluding carboxylic acids is 2. The number of rotatable bonds is 6. The number of nitrogens with zero attached hydrogens (tertiary/aromatic N) is 4. The lowest BCUT2D eigenvalue weighted by Crippen LogP contribution is -2.40. The smallest absolute Gasteiger partial charge is 0.248 e. The minimum absolute atomic E-state index is 0.0158. The molecule has 0 saturated carbocycles. The van der Waals surface area contributed by atoms with Crippen molar-refractivity contribution in [3.8, 4) is 5.75 Å². The summed E-state index contributed by atoms with van der Waals surface area (Å²) < 4.78 is 10.3. The Balaban J connectivity index is 1.54. The number of carbonyl (C=O) groups is 2. The van der Waals surface area contributed by atoms with E-state index in [1.165, 1.54) is 7.11 Å². The molecule has 0 N–H and O–H groups in total. The van der Waals surface area contributed by atoms with E-state index in [0.29, 0.717) is 31.9 Å². The van der Waals surface area contributed by atoms with Crippen molar-refractivity contribution in [1.82, 2.24) is 14.9 Å². The average molecular weight is 425 g/mol. The molecule has 8 nitrogen and oxygen atoms in total. The number of hydrogen-bond donors (Lipinski definition) is 0. The molecule has 3 heterocycles. The maximum atomic E-state index is 12.8. The topological polar surface area (TPSA) is 84.9 Å². The van der Waals surface area contributed by atoms with Crippen molar-refractivity contribution >= 4 is 17.6 Å². The largest absolute Gasteiger partial charge is 0.497 e. The highest BCUT2D eigenvalue weighted by molar-refractivity contribution is 6.00. The first-order chi connectivity index (χ1) is 15.0. The van der Waals surface area contributed by atoms with Crippen LogP contribution in [0.5, 0.6) is 5.75 Å². The summed E-state index contributed by atoms with van der Waals surface area (Å²) in [4.78, 5) is 38.0. The average Bonchev–Trinajstić information content (AvgIpc) is 3.10. The van der Waals surface area contributed by atoms with Crippen molar-refractivity contribution in [2.45, 2.75) is 38.6 Å². The van der Waals surface area contributed by atoms with Gasteiger partial charge in [-0.2, -0.15) is 0 Å². The molecular weight excluding hydrogens is 396 g/mol. The molecule has 8 heteroatoms. The van der Waals surface area contributed by atoms with Gasteiger partial charge in [0.05, 0.1) is 20.1 Å². The third-order valence-corrected chi connectivity index (χ3v) is 6.05. The SMILES string of the molecule is COCC(=O)N1CCC(c2nc(C)c3c(n2)N(Cc2cccc(OC)c2)C(=O)C3)CC1. The Morgan fingerprint density at radius 1 is 1.19 bits per heavy atom. The van der Waals surface area contributed by atoms with Gasteiger partial charge in [0.15, 0.2) is 0 Å². The first-order valence-electron chi connectivity index (χ1n) is 10.6. The molecule has 2 amide bonds. The summed E-state index contributed by atoms with van der Waals surface area (Å²) in [6.07, 6.45) is 1.93. The molecule has 0 spiro atoms. The Bertz CT molecular complexity index is 986. The van der Waals surface area contributed by atoms with Crippen LogP contribution in [0.4, 0.5) is 5.82 Å². The van der Waals surface area contributed by atoms with E-state index in [9.17, 15) is 9.59 Å². The van der Waals surface area contributed by atoms with Crippen LogP contribution in [-0.2, 0) is 27.3 Å². The molecule has 4 rings (SSSR count). The van der Waals surface area contributed by atoms with Gasteiger partial charge in [-0.3, -0.25) is 14.5 Å². The van der Waals surface area contributed by atoms with Crippen LogP contribution in [-0.4, -0.2) is 60.6 Å². The minimum Gasteiger partial charge on any atom is -0.497 e. The van der Waals surface area contributed by atoms with Crippen LogP contribution in [0.1, 0.15) is 41.4 Å². The van der Waals surface area contributed by atoms with Gasteiger partial charge < -0.3 is 14.4 Å². The lowest BCUT2D eigenvalue weighted by molar-refractivity contribution is -0.136. The van der Waals surface area contributed by atoms with Crippen LogP contribution in [0.15, 0.2) is 24.3 Å². The number of anilines is 1. The Hall–Kier alpha value is -3.00. The van der Waals surface area contributed by atoms with Gasteiger partial charge in [0, 0.05) is 37.4 Å². The van der Waals surface area contributed by atoms with Gasteiger partial charge in [-0.25, -0.2) is 9.97 Å². The Morgan fingerprint density at radius 2 is 1.97 bits per heavy atom. The summed E-state index contributed by atoms with van der Waals surface area (Å²) in [6.45, 7) is 3.84. The summed E-state index contributed by atoms with van der Waals surface area (Å²) in [5, 5.41) is 0. The van der Waals surface area contributed by atoms with Gasteiger partial charge in [0.2, 0.25) is 11.8 Å². The Labute approximate surface area is 182 Å². The summed E-state index contributed by atoms with van der Waals surface area (Å²) >= 11 is 0. The van der Waals surface area contributed by atoms with Gasteiger partial charge in [-0.1, -0.05) is 12.1 Å². The highest BCUT2D eigenvalue weighted by Gasteiger charge is 2.33. The van der Waals surface area contributed by atoms with Crippen molar-refractivity contribution < 1.29 is 19.1 Å². The Kier molecular flexibility index (Phi) is 6.18. The van der Waals surface area contributed by atoms with E-state index < -0.39 is 0 Å². The number of fused-ring (bicyclic) bond motifs is 1. The third-order valence-electron chi connectivity index (χ3n) is 6.05. The molecule has 0 aliphatic carbocycles. The predicted octanol–water partition coefficient (Wildman–Crippen LogP) is 2.24. The van der Waals surface area contributed by atoms with Crippen LogP contribution < -0.4 is 9.64 Å². The number of aromatic nitrogens is 2. The molecule has 2 aromatic rings. The van der Waals surface area contributed by atoms with Crippen molar-refractivity contribution in [2.24, 2.45) is 0 Å². The van der Waals surface area contributed by atoms with Crippen molar-refractivity contribution in [3.05, 3.63) is 46.9 Å². The molecule has 1 saturated heterocycles. The van der Waals surface area contributed by atoms with Crippen LogP contribution in [0.2, 0.25) is 0 Å². The number of hydrogen-bond acceptors (Lipinski definition) is 6. The zero-order valence-electron chi connectivity index (χ0n) is 18.3. The summed E-state index contributed by atoms with van der Waals surface area (Å²) in [6, 6.07) is 7.73. The monoisotopic (exact) mass is 424 g/mol. The number of ether oxygens (including phenoxy) is 2. The van der Waals surface area contributed by atoms with E-state index in [4.69, 9.17) is 19.4 Å². The highest BCUT2D eigenvalue weighted by Crippen LogP contribution is 2.34. The zero-order valence-corrected chi connectivity index (χ0v) is 18.3. The lowest BCUT2D eigenvalue weighted by atomic mass is 9.95. The molecular formula is C23H28N4O4. The first-order valence-corrected chi connectivity index (χ1v) is 10.6. The molecule has 0 radical (unpaired) electrons. The third kappa shape index (κ3) is 4.39. The second kappa shape index (κ2) is 9.01. The van der Waals surface area contributed by atoms with Crippen molar-refractivity contribution in [2.75, 3.05) is 38.8 Å². The summed E-state index contributed by atoms with van der Waals surface area (Å²) in [7, 11) is 3.16. The first kappa shape index (κ1) is 21.2. The molecule has 1 aromatic heterocycles. The predicted molar refractivity (Wildman–Crippen MR) is 115 cm³/mol. The van der Waals surface area contributed by atoms with E-state index >= 15 is 0 Å². The molecule has 164 valence electrons. The van der Waals surface area contributed by atoms with E-state index in [-0.39, 0.29) is 24.3 Å². The normalized spacial score (nSPS) is 16.5. The second-order valence-corrected chi connectivity index (χ2v) is 8.07. The molecule has 0 bridgehead atoms. The molecule has 1 fully saturated rings. The quantitative estimate of drug-likeness (QED) is 0.707. The molecule has 2 aliphatic rings. The van der Waals surface area contributed by atoms with Crippen LogP contribution in [0.3, 0.4) is 0 Å². The molecule has 31 heavy (non-hydrogen) atoms. The van der Waals surface area contributed by atoms with Gasteiger partial charge in [-0.05, 0) is 37.5 Å². The standard InChI is InChI=1S/C23H28N4O4/c1-15-19-12-20(28)27(13-16-5-4-6-18(11-16)31-3)23(19)25-22(24-15)17-7-9-26(10-8-17)21(29)14-30-2/h4-6,11,17H,7-10,12-14H2,1-3H3. The van der Waals surface area contributed by atoms with E-state index in [1.54, 1.807) is 12.0 Å². The number of aryl methyl sites for hydroxylation is 1. The lowest BCUT2D eigenvalue weighted by Gasteiger charge is -2.31. The fourth-order valence-corrected chi connectivity index (χ4v) is 4.30. The summed E-state index contributed by atoms with van der Waals surface area (Å²) in [5.74, 6) is 2.46. The van der Waals surface area contributed by atoms with Gasteiger partial charge >= 0.3 is 0 Å². The summed E-state index contributed by atoms with van der Waals surface area (Å²) in [5.41, 5.74) is 2.76. The highest BCUT2D eigenvalue weighted by atomic mass is 16.5. The van der Waals surface area contributed by atoms with Crippen LogP contribution in [0.25, 0.3) is 0 Å². The van der Waals surface area contributed by atoms with Gasteiger partial charge in [0.1, 0.15) is 24.0 Å². The van der Waals surface area contributed by atoms with E-state index in [2.05, 4.69) is 0 Å². The van der Waals surface area contributed by atoms with Crippen LogP contribution in [0, 0.1) is 6.92 Å². The van der Waals surface area contributed by atoms with Gasteiger partial charge in [-0.15, -0.1) is 0 Å². The molecule has 0 unspecified atom stereocenters. The second-order valence-electron chi connectivity index (χ2n) is 8.07. The maximum Gasteiger partial charge on any atom is 0.248 e. The fraction of sp³-hybridized carbons (Fsp3) is 0.478. The fourth-order valence-electron chi connectivity index (χ4n) is 4.30. The number of amides is 2. The van der Waals surface area contributed by atoms with E-state index in [1.807, 2.05) is 36.1 Å². The number of methoxy groups -OCH3 is 2. The van der Waals surface area contributed by atoms with E-state index in [0.717, 1.165) is 41.2 Å². The number of benzene rings is 1. The molecule has 1 aromatic carbocycles. The minimum atomic E-state index is 0.0158. The Morgan fingerprint density at radius 3 is 2.68 bits per heavy atom. The maximum absolute atomic E-state index is 12.8. The van der Waals surface area contributed by atoms with Crippen molar-refractivity contribution in [3.63, 3.8) is 0 Å². The molecule has 0 atom stereocenters.